The van der Waals surface area contributed by atoms with Crippen molar-refractivity contribution in [3.05, 3.63) is 46.7 Å². The van der Waals surface area contributed by atoms with Gasteiger partial charge < -0.3 is 14.8 Å². The highest BCUT2D eigenvalue weighted by atomic mass is 16.5. The van der Waals surface area contributed by atoms with Crippen molar-refractivity contribution in [1.29, 1.82) is 0 Å². The number of aromatic amines is 1. The van der Waals surface area contributed by atoms with Crippen LogP contribution >= 0.6 is 0 Å². The lowest BCUT2D eigenvalue weighted by atomic mass is 9.87. The third-order valence-corrected chi connectivity index (χ3v) is 6.48. The van der Waals surface area contributed by atoms with E-state index in [0.717, 1.165) is 44.0 Å². The van der Waals surface area contributed by atoms with E-state index in [0.29, 0.717) is 23.2 Å². The maximum absolute atomic E-state index is 13.4. The molecule has 1 atom stereocenters. The Balaban J connectivity index is 1.52. The van der Waals surface area contributed by atoms with Crippen LogP contribution < -0.4 is 5.32 Å². The first-order valence-corrected chi connectivity index (χ1v) is 10.3. The summed E-state index contributed by atoms with van der Waals surface area (Å²) in [5.41, 5.74) is 3.80. The first kappa shape index (κ1) is 17.5. The number of hydrogen-bond acceptors (Lipinski definition) is 4. The second-order valence-corrected chi connectivity index (χ2v) is 8.54. The fourth-order valence-electron chi connectivity index (χ4n) is 4.97. The second kappa shape index (κ2) is 6.47. The molecule has 3 aromatic rings. The summed E-state index contributed by atoms with van der Waals surface area (Å²) < 4.78 is 5.21. The van der Waals surface area contributed by atoms with Gasteiger partial charge in [-0.1, -0.05) is 37.1 Å². The van der Waals surface area contributed by atoms with Crippen molar-refractivity contribution < 1.29 is 9.32 Å². The van der Waals surface area contributed by atoms with E-state index in [1.54, 1.807) is 6.92 Å². The molecule has 1 aromatic carbocycles. The Bertz CT molecular complexity index is 1040. The number of aryl methyl sites for hydroxylation is 2. The van der Waals surface area contributed by atoms with Crippen molar-refractivity contribution in [3.63, 3.8) is 0 Å². The van der Waals surface area contributed by atoms with Crippen LogP contribution in [0.4, 0.5) is 0 Å². The quantitative estimate of drug-likeness (QED) is 0.716. The average molecular weight is 378 g/mol. The fraction of sp³-hybridized carbons (Fsp3) is 0.500. The zero-order valence-electron chi connectivity index (χ0n) is 16.5. The molecule has 2 aliphatic rings. The number of amides is 1. The predicted octanol–water partition coefficient (Wildman–Crippen LogP) is 4.18. The van der Waals surface area contributed by atoms with Crippen LogP contribution in [0.3, 0.4) is 0 Å². The largest absolute Gasteiger partial charge is 0.358 e. The molecule has 1 unspecified atom stereocenters. The highest BCUT2D eigenvalue weighted by molar-refractivity contribution is 6.07. The SMILES string of the molecule is Cc1nc(C2(NC(=O)c3cccc4c5c([nH]c34)CCC(C)C5)CCCC2)no1. The Morgan fingerprint density at radius 3 is 2.89 bits per heavy atom. The van der Waals surface area contributed by atoms with Crippen LogP contribution in [0.15, 0.2) is 22.7 Å². The third kappa shape index (κ3) is 2.74. The van der Waals surface area contributed by atoms with Gasteiger partial charge in [-0.25, -0.2) is 0 Å². The summed E-state index contributed by atoms with van der Waals surface area (Å²) in [5.74, 6) is 1.75. The Kier molecular flexibility index (Phi) is 4.03. The van der Waals surface area contributed by atoms with Gasteiger partial charge in [0.1, 0.15) is 5.54 Å². The zero-order valence-corrected chi connectivity index (χ0v) is 16.5. The normalized spacial score (nSPS) is 21.0. The number of nitrogens with one attached hydrogen (secondary N) is 2. The molecule has 0 aliphatic heterocycles. The van der Waals surface area contributed by atoms with Crippen LogP contribution in [0.5, 0.6) is 0 Å². The molecule has 6 heteroatoms. The molecule has 0 bridgehead atoms. The number of hydrogen-bond donors (Lipinski definition) is 2. The lowest BCUT2D eigenvalue weighted by Crippen LogP contribution is -2.44. The van der Waals surface area contributed by atoms with Gasteiger partial charge in [0.25, 0.3) is 5.91 Å². The van der Waals surface area contributed by atoms with Gasteiger partial charge in [-0.3, -0.25) is 4.79 Å². The summed E-state index contributed by atoms with van der Waals surface area (Å²) in [5, 5.41) is 8.59. The van der Waals surface area contributed by atoms with E-state index < -0.39 is 5.54 Å². The van der Waals surface area contributed by atoms with Gasteiger partial charge in [0.05, 0.1) is 11.1 Å². The number of carbonyl (C=O) groups excluding carboxylic acids is 1. The molecule has 146 valence electrons. The zero-order chi connectivity index (χ0) is 19.3. The maximum Gasteiger partial charge on any atom is 0.254 e. The van der Waals surface area contributed by atoms with Crippen molar-refractivity contribution in [2.24, 2.45) is 5.92 Å². The number of para-hydroxylation sites is 1. The van der Waals surface area contributed by atoms with Crippen molar-refractivity contribution in [2.45, 2.75) is 64.3 Å². The molecule has 2 heterocycles. The summed E-state index contributed by atoms with van der Waals surface area (Å²) in [6, 6.07) is 6.03. The van der Waals surface area contributed by atoms with Crippen LogP contribution in [0, 0.1) is 12.8 Å². The first-order valence-electron chi connectivity index (χ1n) is 10.3. The van der Waals surface area contributed by atoms with E-state index in [4.69, 9.17) is 4.52 Å². The summed E-state index contributed by atoms with van der Waals surface area (Å²) in [6.07, 6.45) is 7.10. The van der Waals surface area contributed by atoms with Crippen molar-refractivity contribution in [2.75, 3.05) is 0 Å². The summed E-state index contributed by atoms with van der Waals surface area (Å²) in [7, 11) is 0. The molecule has 2 aromatic heterocycles. The van der Waals surface area contributed by atoms with Crippen LogP contribution in [0.1, 0.15) is 72.4 Å². The second-order valence-electron chi connectivity index (χ2n) is 8.54. The van der Waals surface area contributed by atoms with Gasteiger partial charge in [-0.05, 0) is 49.7 Å². The minimum Gasteiger partial charge on any atom is -0.358 e. The number of nitrogens with zero attached hydrogens (tertiary/aromatic N) is 2. The van der Waals surface area contributed by atoms with E-state index in [2.05, 4.69) is 33.4 Å². The molecule has 1 amide bonds. The molecular formula is C22H26N4O2. The summed E-state index contributed by atoms with van der Waals surface area (Å²) in [6.45, 7) is 4.08. The van der Waals surface area contributed by atoms with Crippen molar-refractivity contribution in [3.8, 4) is 0 Å². The Labute approximate surface area is 164 Å². The van der Waals surface area contributed by atoms with Crippen LogP contribution in [-0.2, 0) is 18.4 Å². The van der Waals surface area contributed by atoms with Gasteiger partial charge in [0.15, 0.2) is 5.82 Å². The molecule has 0 saturated heterocycles. The minimum absolute atomic E-state index is 0.0680. The molecule has 28 heavy (non-hydrogen) atoms. The van der Waals surface area contributed by atoms with E-state index in [1.807, 2.05) is 12.1 Å². The minimum atomic E-state index is -0.530. The van der Waals surface area contributed by atoms with Gasteiger partial charge >= 0.3 is 0 Å². The van der Waals surface area contributed by atoms with E-state index in [1.165, 1.54) is 23.1 Å². The highest BCUT2D eigenvalue weighted by Gasteiger charge is 2.41. The van der Waals surface area contributed by atoms with Crippen LogP contribution in [0.2, 0.25) is 0 Å². The first-order chi connectivity index (χ1) is 13.6. The van der Waals surface area contributed by atoms with Crippen molar-refractivity contribution in [1.82, 2.24) is 20.4 Å². The standard InChI is InChI=1S/C22H26N4O2/c1-13-8-9-18-17(12-13)15-6-5-7-16(19(15)24-18)20(27)25-22(10-3-4-11-22)21-23-14(2)28-26-21/h5-7,13,24H,3-4,8-12H2,1-2H3,(H,25,27). The molecule has 2 aliphatic carbocycles. The number of H-pyrrole nitrogens is 1. The number of carbonyl (C=O) groups is 1. The Morgan fingerprint density at radius 1 is 1.32 bits per heavy atom. The van der Waals surface area contributed by atoms with Gasteiger partial charge in [-0.15, -0.1) is 0 Å². The van der Waals surface area contributed by atoms with E-state index in [9.17, 15) is 4.79 Å². The van der Waals surface area contributed by atoms with Crippen LogP contribution in [0.25, 0.3) is 10.9 Å². The lowest BCUT2D eigenvalue weighted by Gasteiger charge is -2.26. The molecule has 5 rings (SSSR count). The number of fused-ring (bicyclic) bond motifs is 3. The third-order valence-electron chi connectivity index (χ3n) is 6.48. The van der Waals surface area contributed by atoms with Crippen LogP contribution in [-0.4, -0.2) is 21.0 Å². The lowest BCUT2D eigenvalue weighted by molar-refractivity contribution is 0.0893. The van der Waals surface area contributed by atoms with Gasteiger partial charge in [-0.2, -0.15) is 4.98 Å². The molecule has 0 spiro atoms. The molecule has 1 saturated carbocycles. The highest BCUT2D eigenvalue weighted by Crippen LogP contribution is 2.38. The topological polar surface area (TPSA) is 83.8 Å². The van der Waals surface area contributed by atoms with E-state index in [-0.39, 0.29) is 5.91 Å². The molecular weight excluding hydrogens is 352 g/mol. The van der Waals surface area contributed by atoms with Gasteiger partial charge in [0, 0.05) is 18.0 Å². The number of aromatic nitrogens is 3. The monoisotopic (exact) mass is 378 g/mol. The molecule has 0 radical (unpaired) electrons. The summed E-state index contributed by atoms with van der Waals surface area (Å²) in [4.78, 5) is 21.4. The Morgan fingerprint density at radius 2 is 2.14 bits per heavy atom. The Hall–Kier alpha value is -2.63. The maximum atomic E-state index is 13.4. The molecule has 2 N–H and O–H groups in total. The van der Waals surface area contributed by atoms with Crippen molar-refractivity contribution >= 4 is 16.8 Å². The predicted molar refractivity (Wildman–Crippen MR) is 106 cm³/mol. The summed E-state index contributed by atoms with van der Waals surface area (Å²) >= 11 is 0. The fourth-order valence-corrected chi connectivity index (χ4v) is 4.97. The molecule has 1 fully saturated rings. The molecule has 6 nitrogen and oxygen atoms in total. The smallest absolute Gasteiger partial charge is 0.254 e. The number of benzene rings is 1. The van der Waals surface area contributed by atoms with Gasteiger partial charge in [0.2, 0.25) is 5.89 Å². The number of rotatable bonds is 3. The van der Waals surface area contributed by atoms with E-state index >= 15 is 0 Å². The average Bonchev–Trinajstić information content (AvgIpc) is 3.40.